The molecular formula is C33H37ClFN7O3. The number of rotatable bonds is 6. The van der Waals surface area contributed by atoms with E-state index in [-0.39, 0.29) is 63.7 Å². The number of aliphatic hydroxyl groups excluding tert-OH is 1. The van der Waals surface area contributed by atoms with Gasteiger partial charge in [0, 0.05) is 60.3 Å². The van der Waals surface area contributed by atoms with Gasteiger partial charge in [0.05, 0.1) is 46.4 Å². The molecule has 5 rings (SSSR count). The molecule has 0 spiro atoms. The molecule has 3 atom stereocenters. The Balaban J connectivity index is 1.81. The van der Waals surface area contributed by atoms with Gasteiger partial charge >= 0.3 is 0 Å². The summed E-state index contributed by atoms with van der Waals surface area (Å²) in [7, 11) is 0. The molecule has 0 bridgehead atoms. The monoisotopic (exact) mass is 633 g/mol. The first kappa shape index (κ1) is 31.9. The fraction of sp³-hybridized carbons (Fsp3) is 0.333. The van der Waals surface area contributed by atoms with E-state index in [1.165, 1.54) is 6.08 Å². The number of carbonyl (C=O) groups excluding carboxylic acids is 1. The Morgan fingerprint density at radius 2 is 1.98 bits per heavy atom. The van der Waals surface area contributed by atoms with Crippen molar-refractivity contribution in [3.05, 3.63) is 75.8 Å². The molecule has 1 fully saturated rings. The largest absolute Gasteiger partial charge is 0.490 e. The number of aromatic nitrogens is 1. The number of aliphatic hydroxyl groups is 1. The SMILES string of the molecule is C=CC(=O)N1CC(C)N2C(=N)c3c(Nc4c(C)ccnc4C(C)O)c(Cl)c(-c4c(C)ccc(N)c4C=N)c(F)c3OCCC2C1. The first-order chi connectivity index (χ1) is 21.4. The first-order valence-electron chi connectivity index (χ1n) is 14.7. The average molecular weight is 634 g/mol. The van der Waals surface area contributed by atoms with Gasteiger partial charge in [0.2, 0.25) is 5.91 Å². The second-order valence-corrected chi connectivity index (χ2v) is 11.9. The van der Waals surface area contributed by atoms with Gasteiger partial charge in [0.25, 0.3) is 0 Å². The molecule has 2 aromatic carbocycles. The molecule has 0 radical (unpaired) electrons. The summed E-state index contributed by atoms with van der Waals surface area (Å²) in [6.07, 6.45) is 3.39. The van der Waals surface area contributed by atoms with Crippen LogP contribution in [0.5, 0.6) is 5.75 Å². The van der Waals surface area contributed by atoms with Crippen molar-refractivity contribution < 1.29 is 19.0 Å². The van der Waals surface area contributed by atoms with Gasteiger partial charge in [-0.15, -0.1) is 0 Å². The maximum Gasteiger partial charge on any atom is 0.246 e. The van der Waals surface area contributed by atoms with Crippen LogP contribution in [0.4, 0.5) is 21.5 Å². The molecule has 6 N–H and O–H groups in total. The van der Waals surface area contributed by atoms with Gasteiger partial charge in [-0.05, 0) is 57.0 Å². The topological polar surface area (TPSA) is 152 Å². The molecule has 12 heteroatoms. The number of carbonyl (C=O) groups is 1. The Bertz CT molecular complexity index is 1730. The summed E-state index contributed by atoms with van der Waals surface area (Å²) in [6, 6.07) is 4.56. The van der Waals surface area contributed by atoms with Crippen molar-refractivity contribution in [1.82, 2.24) is 14.8 Å². The van der Waals surface area contributed by atoms with Gasteiger partial charge in [-0.25, -0.2) is 4.39 Å². The van der Waals surface area contributed by atoms with Crippen molar-refractivity contribution in [3.63, 3.8) is 0 Å². The van der Waals surface area contributed by atoms with Crippen LogP contribution in [0.1, 0.15) is 54.3 Å². The summed E-state index contributed by atoms with van der Waals surface area (Å²) in [4.78, 5) is 20.5. The molecule has 1 aromatic heterocycles. The predicted octanol–water partition coefficient (Wildman–Crippen LogP) is 5.73. The lowest BCUT2D eigenvalue weighted by molar-refractivity contribution is -0.129. The van der Waals surface area contributed by atoms with E-state index < -0.39 is 11.9 Å². The molecular weight excluding hydrogens is 597 g/mol. The number of ether oxygens (including phenoxy) is 1. The van der Waals surface area contributed by atoms with Crippen LogP contribution < -0.4 is 15.8 Å². The predicted molar refractivity (Wildman–Crippen MR) is 176 cm³/mol. The third kappa shape index (κ3) is 5.51. The maximum atomic E-state index is 17.0. The number of amidine groups is 1. The number of amides is 1. The zero-order valence-electron chi connectivity index (χ0n) is 25.7. The highest BCUT2D eigenvalue weighted by Gasteiger charge is 2.40. The number of benzene rings is 2. The van der Waals surface area contributed by atoms with Gasteiger partial charge in [-0.2, -0.15) is 0 Å². The first-order valence-corrected chi connectivity index (χ1v) is 15.1. The summed E-state index contributed by atoms with van der Waals surface area (Å²) < 4.78 is 23.1. The molecule has 45 heavy (non-hydrogen) atoms. The number of halogens is 2. The Morgan fingerprint density at radius 1 is 1.24 bits per heavy atom. The fourth-order valence-electron chi connectivity index (χ4n) is 6.33. The summed E-state index contributed by atoms with van der Waals surface area (Å²) in [6.45, 7) is 11.5. The highest BCUT2D eigenvalue weighted by atomic mass is 35.5. The molecule has 236 valence electrons. The number of nitrogen functional groups attached to an aromatic ring is 1. The third-order valence-electron chi connectivity index (χ3n) is 8.51. The van der Waals surface area contributed by atoms with Crippen molar-refractivity contribution in [2.45, 2.75) is 52.3 Å². The number of anilines is 3. The van der Waals surface area contributed by atoms with Crippen LogP contribution in [0.15, 0.2) is 37.1 Å². The fourth-order valence-corrected chi connectivity index (χ4v) is 6.65. The number of fused-ring (bicyclic) bond motifs is 2. The van der Waals surface area contributed by atoms with Crippen molar-refractivity contribution >= 4 is 46.6 Å². The Morgan fingerprint density at radius 3 is 2.64 bits per heavy atom. The molecule has 0 aliphatic carbocycles. The lowest BCUT2D eigenvalue weighted by atomic mass is 9.90. The Hall–Kier alpha value is -4.48. The normalized spacial score (nSPS) is 18.6. The molecule has 3 heterocycles. The van der Waals surface area contributed by atoms with Crippen LogP contribution in [-0.2, 0) is 4.79 Å². The van der Waals surface area contributed by atoms with Crippen LogP contribution in [0.2, 0.25) is 5.02 Å². The van der Waals surface area contributed by atoms with E-state index in [0.717, 1.165) is 11.8 Å². The van der Waals surface area contributed by atoms with Gasteiger partial charge in [-0.1, -0.05) is 24.2 Å². The highest BCUT2D eigenvalue weighted by molar-refractivity contribution is 6.38. The minimum atomic E-state index is -0.954. The smallest absolute Gasteiger partial charge is 0.246 e. The second-order valence-electron chi connectivity index (χ2n) is 11.5. The van der Waals surface area contributed by atoms with Crippen molar-refractivity contribution in [1.29, 1.82) is 10.8 Å². The van der Waals surface area contributed by atoms with E-state index in [1.54, 1.807) is 43.1 Å². The number of hydrogen-bond acceptors (Lipinski definition) is 8. The molecule has 2 aliphatic rings. The molecule has 2 aliphatic heterocycles. The van der Waals surface area contributed by atoms with E-state index in [2.05, 4.69) is 16.9 Å². The number of piperazine rings is 1. The van der Waals surface area contributed by atoms with Crippen molar-refractivity contribution in [2.75, 3.05) is 30.7 Å². The van der Waals surface area contributed by atoms with E-state index >= 15 is 4.39 Å². The number of aryl methyl sites for hydroxylation is 2. The third-order valence-corrected chi connectivity index (χ3v) is 8.89. The zero-order valence-corrected chi connectivity index (χ0v) is 26.4. The summed E-state index contributed by atoms with van der Waals surface area (Å²) in [5.74, 6) is -1.18. The molecule has 0 saturated carbocycles. The van der Waals surface area contributed by atoms with Crippen LogP contribution in [0.25, 0.3) is 11.1 Å². The molecule has 1 amide bonds. The Kier molecular flexibility index (Phi) is 8.86. The van der Waals surface area contributed by atoms with E-state index in [1.807, 2.05) is 18.7 Å². The van der Waals surface area contributed by atoms with Crippen molar-refractivity contribution in [2.24, 2.45) is 0 Å². The van der Waals surface area contributed by atoms with Crippen LogP contribution in [0, 0.1) is 30.5 Å². The number of nitrogens with zero attached hydrogens (tertiary/aromatic N) is 3. The minimum Gasteiger partial charge on any atom is -0.490 e. The molecule has 3 unspecified atom stereocenters. The summed E-state index contributed by atoms with van der Waals surface area (Å²) >= 11 is 7.19. The van der Waals surface area contributed by atoms with Gasteiger partial charge in [0.15, 0.2) is 11.6 Å². The number of nitrogens with two attached hydrogens (primary N) is 1. The minimum absolute atomic E-state index is 0.0271. The number of pyridine rings is 1. The summed E-state index contributed by atoms with van der Waals surface area (Å²) in [5.41, 5.74) is 9.54. The average Bonchev–Trinajstić information content (AvgIpc) is 2.99. The van der Waals surface area contributed by atoms with E-state index in [0.29, 0.717) is 47.6 Å². The van der Waals surface area contributed by atoms with Crippen LogP contribution >= 0.6 is 11.6 Å². The highest BCUT2D eigenvalue weighted by Crippen LogP contribution is 2.49. The lowest BCUT2D eigenvalue weighted by Gasteiger charge is -2.48. The number of hydrogen-bond donors (Lipinski definition) is 5. The van der Waals surface area contributed by atoms with E-state index in [4.69, 9.17) is 27.5 Å². The van der Waals surface area contributed by atoms with Crippen LogP contribution in [0.3, 0.4) is 0 Å². The van der Waals surface area contributed by atoms with E-state index in [9.17, 15) is 15.3 Å². The standard InChI is InChI=1S/C33H37ClFN7O3/c1-6-23(44)41-14-18(4)42-20(15-41)10-12-45-32-26(33(42)38)31(40-29-17(3)9-11-39-30(29)19(5)43)27(34)25(28(32)35)24-16(2)7-8-22(37)21(24)13-36/h6-9,11,13,18-20,36,38,40,43H,1,10,12,14-15,37H2,2-5H3. The van der Waals surface area contributed by atoms with Gasteiger partial charge in [-0.3, -0.25) is 15.2 Å². The van der Waals surface area contributed by atoms with Gasteiger partial charge in [0.1, 0.15) is 5.84 Å². The van der Waals surface area contributed by atoms with Crippen LogP contribution in [-0.4, -0.2) is 69.6 Å². The molecule has 10 nitrogen and oxygen atoms in total. The second kappa shape index (κ2) is 12.5. The quantitative estimate of drug-likeness (QED) is 0.132. The molecule has 1 saturated heterocycles. The lowest BCUT2D eigenvalue weighted by Crippen LogP contribution is -2.61. The Labute approximate surface area is 266 Å². The maximum absolute atomic E-state index is 17.0. The summed E-state index contributed by atoms with van der Waals surface area (Å²) in [5, 5.41) is 31.5. The van der Waals surface area contributed by atoms with Crippen molar-refractivity contribution in [3.8, 4) is 16.9 Å². The van der Waals surface area contributed by atoms with Gasteiger partial charge < -0.3 is 36.1 Å². The molecule has 3 aromatic rings. The number of nitrogens with one attached hydrogen (secondary N) is 3. The zero-order chi connectivity index (χ0) is 32.7.